The number of hydrogen-bond acceptors (Lipinski definition) is 7. The van der Waals surface area contributed by atoms with Crippen LogP contribution in [-0.4, -0.2) is 22.2 Å². The average Bonchev–Trinajstić information content (AvgIpc) is 3.23. The van der Waals surface area contributed by atoms with Crippen LogP contribution >= 0.6 is 23.7 Å². The number of fused-ring (bicyclic) bond motifs is 1. The summed E-state index contributed by atoms with van der Waals surface area (Å²) in [6, 6.07) is 8.09. The van der Waals surface area contributed by atoms with Crippen LogP contribution in [0.4, 0.5) is 15.9 Å². The minimum Gasteiger partial charge on any atom is -0.508 e. The molecule has 0 fully saturated rings. The van der Waals surface area contributed by atoms with Crippen molar-refractivity contribution in [3.05, 3.63) is 64.4 Å². The highest BCUT2D eigenvalue weighted by Crippen LogP contribution is 2.36. The molecule has 0 aliphatic rings. The molecule has 2 aromatic carbocycles. The van der Waals surface area contributed by atoms with E-state index in [0.29, 0.717) is 40.4 Å². The van der Waals surface area contributed by atoms with Crippen molar-refractivity contribution < 1.29 is 19.0 Å². The Bertz CT molecular complexity index is 1170. The van der Waals surface area contributed by atoms with Crippen LogP contribution in [-0.2, 0) is 6.61 Å². The van der Waals surface area contributed by atoms with E-state index in [4.69, 9.17) is 9.47 Å². The third-order valence-electron chi connectivity index (χ3n) is 4.43. The molecule has 0 amide bonds. The van der Waals surface area contributed by atoms with Crippen molar-refractivity contribution in [1.29, 1.82) is 0 Å². The van der Waals surface area contributed by atoms with Crippen molar-refractivity contribution in [1.82, 2.24) is 9.97 Å². The highest BCUT2D eigenvalue weighted by atomic mass is 35.5. The van der Waals surface area contributed by atoms with Gasteiger partial charge in [-0.15, -0.1) is 12.4 Å². The Morgan fingerprint density at radius 1 is 1.17 bits per heavy atom. The zero-order valence-corrected chi connectivity index (χ0v) is 17.8. The molecule has 4 aromatic rings. The van der Waals surface area contributed by atoms with Crippen LogP contribution in [0.25, 0.3) is 10.9 Å². The number of phenolic OH excluding ortho intramolecular Hbond substituents is 1. The zero-order chi connectivity index (χ0) is 20.4. The number of methoxy groups -OCH3 is 1. The number of rotatable bonds is 6. The lowest BCUT2D eigenvalue weighted by Crippen LogP contribution is -2.01. The summed E-state index contributed by atoms with van der Waals surface area (Å²) in [5, 5.41) is 17.5. The van der Waals surface area contributed by atoms with E-state index in [0.717, 1.165) is 5.56 Å². The fourth-order valence-corrected chi connectivity index (χ4v) is 3.51. The van der Waals surface area contributed by atoms with Crippen molar-refractivity contribution in [3.63, 3.8) is 0 Å². The first-order valence-electron chi connectivity index (χ1n) is 8.78. The van der Waals surface area contributed by atoms with Gasteiger partial charge in [0.15, 0.2) is 11.5 Å². The van der Waals surface area contributed by atoms with E-state index < -0.39 is 5.82 Å². The van der Waals surface area contributed by atoms with E-state index in [1.165, 1.54) is 18.5 Å². The smallest absolute Gasteiger partial charge is 0.163 e. The van der Waals surface area contributed by atoms with Gasteiger partial charge in [-0.25, -0.2) is 14.4 Å². The molecule has 30 heavy (non-hydrogen) atoms. The molecule has 2 heterocycles. The Kier molecular flexibility index (Phi) is 6.59. The van der Waals surface area contributed by atoms with Gasteiger partial charge in [-0.3, -0.25) is 0 Å². The first-order valence-corrected chi connectivity index (χ1v) is 9.72. The van der Waals surface area contributed by atoms with Crippen molar-refractivity contribution in [2.45, 2.75) is 13.5 Å². The van der Waals surface area contributed by atoms with Crippen LogP contribution in [0.2, 0.25) is 0 Å². The second-order valence-corrected chi connectivity index (χ2v) is 7.19. The van der Waals surface area contributed by atoms with Crippen LogP contribution in [0, 0.1) is 12.7 Å². The number of phenols is 1. The Balaban J connectivity index is 0.00000256. The molecular formula is C21H19ClFN3O3S. The molecule has 2 N–H and O–H groups in total. The van der Waals surface area contributed by atoms with Gasteiger partial charge >= 0.3 is 0 Å². The molecule has 0 aliphatic heterocycles. The van der Waals surface area contributed by atoms with Crippen molar-refractivity contribution in [2.75, 3.05) is 12.4 Å². The maximum Gasteiger partial charge on any atom is 0.163 e. The lowest BCUT2D eigenvalue weighted by molar-refractivity contribution is 0.285. The monoisotopic (exact) mass is 447 g/mol. The highest BCUT2D eigenvalue weighted by molar-refractivity contribution is 7.07. The number of ether oxygens (including phenoxy) is 2. The van der Waals surface area contributed by atoms with Gasteiger partial charge in [0.2, 0.25) is 0 Å². The van der Waals surface area contributed by atoms with E-state index in [9.17, 15) is 9.50 Å². The standard InChI is InChI=1S/C21H18FN3O3S.ClH/c1-12-5-15(22)17(7-18(12)26)25-21-14-6-19(27-2)20(8-16(14)23-11-24-21)28-9-13-3-4-29-10-13;/h3-8,10-11,26H,9H2,1-2H3,(H,23,24,25);1H. The Morgan fingerprint density at radius 3 is 2.73 bits per heavy atom. The first kappa shape index (κ1) is 21.6. The van der Waals surface area contributed by atoms with Gasteiger partial charge in [-0.05, 0) is 47.0 Å². The fourth-order valence-electron chi connectivity index (χ4n) is 2.86. The summed E-state index contributed by atoms with van der Waals surface area (Å²) in [4.78, 5) is 8.51. The molecule has 0 bridgehead atoms. The van der Waals surface area contributed by atoms with Gasteiger partial charge < -0.3 is 19.9 Å². The summed E-state index contributed by atoms with van der Waals surface area (Å²) >= 11 is 1.60. The molecule has 9 heteroatoms. The number of nitrogens with zero attached hydrogens (tertiary/aromatic N) is 2. The lowest BCUT2D eigenvalue weighted by atomic mass is 10.1. The van der Waals surface area contributed by atoms with Gasteiger partial charge in [0.05, 0.1) is 18.3 Å². The minimum atomic E-state index is -0.491. The normalized spacial score (nSPS) is 10.5. The van der Waals surface area contributed by atoms with Crippen molar-refractivity contribution in [2.24, 2.45) is 0 Å². The Morgan fingerprint density at radius 2 is 2.00 bits per heavy atom. The van der Waals surface area contributed by atoms with Gasteiger partial charge in [0.25, 0.3) is 0 Å². The minimum absolute atomic E-state index is 0. The van der Waals surface area contributed by atoms with Crippen LogP contribution in [0.5, 0.6) is 17.2 Å². The second-order valence-electron chi connectivity index (χ2n) is 6.41. The predicted octanol–water partition coefficient (Wildman–Crippen LogP) is 5.60. The molecule has 4 rings (SSSR count). The number of nitrogens with one attached hydrogen (secondary N) is 1. The number of anilines is 2. The van der Waals surface area contributed by atoms with Crippen LogP contribution in [0.15, 0.2) is 47.4 Å². The van der Waals surface area contributed by atoms with E-state index in [2.05, 4.69) is 15.3 Å². The molecular weight excluding hydrogens is 429 g/mol. The fraction of sp³-hybridized carbons (Fsp3) is 0.143. The molecule has 0 unspecified atom stereocenters. The highest BCUT2D eigenvalue weighted by Gasteiger charge is 2.14. The number of aromatic nitrogens is 2. The molecule has 2 aromatic heterocycles. The molecule has 0 radical (unpaired) electrons. The first-order chi connectivity index (χ1) is 14.0. The van der Waals surface area contributed by atoms with Crippen molar-refractivity contribution in [3.8, 4) is 17.2 Å². The third-order valence-corrected chi connectivity index (χ3v) is 5.17. The lowest BCUT2D eigenvalue weighted by Gasteiger charge is -2.14. The Hall–Kier alpha value is -3.10. The molecule has 0 saturated heterocycles. The molecule has 156 valence electrons. The number of aromatic hydroxyl groups is 1. The molecule has 6 nitrogen and oxygen atoms in total. The summed E-state index contributed by atoms with van der Waals surface area (Å²) in [7, 11) is 1.55. The molecule has 0 atom stereocenters. The molecule has 0 saturated carbocycles. The van der Waals surface area contributed by atoms with Crippen molar-refractivity contribution >= 4 is 46.2 Å². The summed E-state index contributed by atoms with van der Waals surface area (Å²) in [6.45, 7) is 2.04. The van der Waals surface area contributed by atoms with Gasteiger partial charge in [-0.2, -0.15) is 11.3 Å². The number of hydrogen-bond donors (Lipinski definition) is 2. The topological polar surface area (TPSA) is 76.5 Å². The number of halogens is 2. The summed E-state index contributed by atoms with van der Waals surface area (Å²) in [6.07, 6.45) is 1.38. The number of aryl methyl sites for hydroxylation is 1. The Labute approximate surface area is 182 Å². The number of thiophene rings is 1. The van der Waals surface area contributed by atoms with E-state index in [1.807, 2.05) is 16.8 Å². The summed E-state index contributed by atoms with van der Waals surface area (Å²) in [5.41, 5.74) is 2.25. The summed E-state index contributed by atoms with van der Waals surface area (Å²) in [5.74, 6) is 0.955. The third kappa shape index (κ3) is 4.39. The van der Waals surface area contributed by atoms with Crippen LogP contribution < -0.4 is 14.8 Å². The second kappa shape index (κ2) is 9.15. The van der Waals surface area contributed by atoms with E-state index in [-0.39, 0.29) is 23.8 Å². The zero-order valence-electron chi connectivity index (χ0n) is 16.2. The number of benzene rings is 2. The van der Waals surface area contributed by atoms with Crippen LogP contribution in [0.1, 0.15) is 11.1 Å². The molecule has 0 aliphatic carbocycles. The van der Waals surface area contributed by atoms with Crippen LogP contribution in [0.3, 0.4) is 0 Å². The van der Waals surface area contributed by atoms with E-state index >= 15 is 0 Å². The molecule has 0 spiro atoms. The van der Waals surface area contributed by atoms with E-state index in [1.54, 1.807) is 37.5 Å². The van der Waals surface area contributed by atoms with Gasteiger partial charge in [-0.1, -0.05) is 0 Å². The summed E-state index contributed by atoms with van der Waals surface area (Å²) < 4.78 is 25.7. The SMILES string of the molecule is COc1cc2c(Nc3cc(O)c(C)cc3F)ncnc2cc1OCc1ccsc1.Cl. The predicted molar refractivity (Wildman–Crippen MR) is 118 cm³/mol. The average molecular weight is 448 g/mol. The largest absolute Gasteiger partial charge is 0.508 e. The maximum absolute atomic E-state index is 14.3. The quantitative estimate of drug-likeness (QED) is 0.401. The maximum atomic E-state index is 14.3. The van der Waals surface area contributed by atoms with Gasteiger partial charge in [0.1, 0.15) is 30.3 Å². The van der Waals surface area contributed by atoms with Gasteiger partial charge in [0, 0.05) is 17.5 Å².